The summed E-state index contributed by atoms with van der Waals surface area (Å²) >= 11 is 6.05. The third-order valence-electron chi connectivity index (χ3n) is 5.15. The molecule has 0 N–H and O–H groups in total. The highest BCUT2D eigenvalue weighted by Crippen LogP contribution is 2.31. The van der Waals surface area contributed by atoms with Crippen LogP contribution in [0.4, 0.5) is 0 Å². The van der Waals surface area contributed by atoms with Crippen molar-refractivity contribution in [2.75, 3.05) is 19.6 Å². The third kappa shape index (κ3) is 4.96. The van der Waals surface area contributed by atoms with Gasteiger partial charge in [-0.2, -0.15) is 4.98 Å². The van der Waals surface area contributed by atoms with E-state index in [1.807, 2.05) is 32.9 Å². The first-order valence-corrected chi connectivity index (χ1v) is 10.5. The molecule has 0 aliphatic carbocycles. The number of carbonyl (C=O) groups is 2. The van der Waals surface area contributed by atoms with Gasteiger partial charge >= 0.3 is 0 Å². The van der Waals surface area contributed by atoms with Crippen molar-refractivity contribution in [3.63, 3.8) is 0 Å². The Morgan fingerprint density at radius 1 is 1.34 bits per heavy atom. The summed E-state index contributed by atoms with van der Waals surface area (Å²) in [5, 5.41) is 4.67. The van der Waals surface area contributed by atoms with Crippen LogP contribution < -0.4 is 0 Å². The molecule has 2 heterocycles. The molecule has 1 fully saturated rings. The maximum atomic E-state index is 13.0. The molecule has 156 valence electrons. The van der Waals surface area contributed by atoms with E-state index in [4.69, 9.17) is 16.1 Å². The molecular weight excluding hydrogens is 392 g/mol. The smallest absolute Gasteiger partial charge is 0.249 e. The van der Waals surface area contributed by atoms with Gasteiger partial charge in [-0.1, -0.05) is 42.7 Å². The van der Waals surface area contributed by atoms with Gasteiger partial charge < -0.3 is 14.3 Å². The van der Waals surface area contributed by atoms with Crippen LogP contribution >= 0.6 is 11.6 Å². The fraction of sp³-hybridized carbons (Fsp3) is 0.524. The van der Waals surface area contributed by atoms with Crippen LogP contribution in [0.1, 0.15) is 52.0 Å². The number of carbonyl (C=O) groups excluding carboxylic acids is 2. The van der Waals surface area contributed by atoms with Crippen LogP contribution in [0.2, 0.25) is 5.02 Å². The van der Waals surface area contributed by atoms with E-state index >= 15 is 0 Å². The minimum Gasteiger partial charge on any atom is -0.337 e. The maximum Gasteiger partial charge on any atom is 0.249 e. The van der Waals surface area contributed by atoms with E-state index < -0.39 is 0 Å². The van der Waals surface area contributed by atoms with Crippen molar-refractivity contribution in [1.82, 2.24) is 19.9 Å². The lowest BCUT2D eigenvalue weighted by Crippen LogP contribution is -2.46. The van der Waals surface area contributed by atoms with Gasteiger partial charge in [0.2, 0.25) is 23.5 Å². The Kier molecular flexibility index (Phi) is 6.90. The second-order valence-electron chi connectivity index (χ2n) is 7.57. The molecule has 2 amide bonds. The maximum absolute atomic E-state index is 13.0. The zero-order valence-corrected chi connectivity index (χ0v) is 17.9. The van der Waals surface area contributed by atoms with E-state index in [0.29, 0.717) is 29.8 Å². The minimum atomic E-state index is -0.274. The number of piperidine rings is 1. The molecule has 29 heavy (non-hydrogen) atoms. The highest BCUT2D eigenvalue weighted by molar-refractivity contribution is 6.30. The SMILES string of the molecule is CCN(CC(=O)N1CCCCC1c1nc(-c2cccc(Cl)c2)no1)C(=O)C(C)C. The standard InChI is InChI=1S/C21H27ClN4O3/c1-4-25(21(28)14(2)3)13-18(27)26-11-6-5-10-17(26)20-23-19(24-29-20)15-8-7-9-16(22)12-15/h7-9,12,14,17H,4-6,10-11,13H2,1-3H3. The quantitative estimate of drug-likeness (QED) is 0.709. The van der Waals surface area contributed by atoms with Crippen LogP contribution in [-0.4, -0.2) is 51.4 Å². The van der Waals surface area contributed by atoms with Crippen molar-refractivity contribution in [2.24, 2.45) is 5.92 Å². The number of nitrogens with zero attached hydrogens (tertiary/aromatic N) is 4. The Hall–Kier alpha value is -2.41. The van der Waals surface area contributed by atoms with Crippen molar-refractivity contribution in [2.45, 2.75) is 46.1 Å². The lowest BCUT2D eigenvalue weighted by atomic mass is 10.0. The molecule has 7 nitrogen and oxygen atoms in total. The molecular formula is C21H27ClN4O3. The molecule has 0 saturated carbocycles. The van der Waals surface area contributed by atoms with E-state index in [-0.39, 0.29) is 30.3 Å². The van der Waals surface area contributed by atoms with Crippen LogP contribution in [0.5, 0.6) is 0 Å². The van der Waals surface area contributed by atoms with E-state index in [0.717, 1.165) is 24.8 Å². The molecule has 1 aromatic heterocycles. The Morgan fingerprint density at radius 3 is 2.83 bits per heavy atom. The molecule has 0 spiro atoms. The Balaban J connectivity index is 1.78. The number of likely N-dealkylation sites (N-methyl/N-ethyl adjacent to an activating group) is 1. The summed E-state index contributed by atoms with van der Waals surface area (Å²) in [5.74, 6) is 0.622. The molecule has 1 aromatic carbocycles. The number of aromatic nitrogens is 2. The number of hydrogen-bond donors (Lipinski definition) is 0. The van der Waals surface area contributed by atoms with E-state index in [1.165, 1.54) is 0 Å². The van der Waals surface area contributed by atoms with Gasteiger partial charge in [0, 0.05) is 29.6 Å². The zero-order chi connectivity index (χ0) is 21.0. The van der Waals surface area contributed by atoms with Gasteiger partial charge in [0.15, 0.2) is 0 Å². The van der Waals surface area contributed by atoms with E-state index in [9.17, 15) is 9.59 Å². The summed E-state index contributed by atoms with van der Waals surface area (Å²) in [5.41, 5.74) is 0.765. The van der Waals surface area contributed by atoms with Crippen molar-refractivity contribution in [3.8, 4) is 11.4 Å². The number of halogens is 1. The van der Waals surface area contributed by atoms with Crippen LogP contribution in [0.15, 0.2) is 28.8 Å². The molecule has 1 aliphatic rings. The van der Waals surface area contributed by atoms with Gasteiger partial charge in [0.05, 0.1) is 6.54 Å². The zero-order valence-electron chi connectivity index (χ0n) is 17.1. The number of hydrogen-bond acceptors (Lipinski definition) is 5. The second kappa shape index (κ2) is 9.39. The molecule has 1 unspecified atom stereocenters. The number of amides is 2. The van der Waals surface area contributed by atoms with E-state index in [1.54, 1.807) is 21.9 Å². The lowest BCUT2D eigenvalue weighted by molar-refractivity contribution is -0.144. The van der Waals surface area contributed by atoms with Crippen molar-refractivity contribution >= 4 is 23.4 Å². The monoisotopic (exact) mass is 418 g/mol. The summed E-state index contributed by atoms with van der Waals surface area (Å²) in [6.07, 6.45) is 2.65. The van der Waals surface area contributed by atoms with Gasteiger partial charge in [0.25, 0.3) is 0 Å². The summed E-state index contributed by atoms with van der Waals surface area (Å²) in [4.78, 5) is 33.3. The Morgan fingerprint density at radius 2 is 2.14 bits per heavy atom. The van der Waals surface area contributed by atoms with Gasteiger partial charge in [-0.15, -0.1) is 0 Å². The summed E-state index contributed by atoms with van der Waals surface area (Å²) in [6, 6.07) is 6.97. The molecule has 8 heteroatoms. The Bertz CT molecular complexity index is 867. The van der Waals surface area contributed by atoms with Crippen molar-refractivity contribution in [1.29, 1.82) is 0 Å². The normalized spacial score (nSPS) is 16.9. The van der Waals surface area contributed by atoms with Crippen LogP contribution in [0.3, 0.4) is 0 Å². The number of likely N-dealkylation sites (tertiary alicyclic amines) is 1. The molecule has 1 aliphatic heterocycles. The average molecular weight is 419 g/mol. The third-order valence-corrected chi connectivity index (χ3v) is 5.38. The predicted molar refractivity (Wildman–Crippen MR) is 110 cm³/mol. The average Bonchev–Trinajstić information content (AvgIpc) is 3.21. The fourth-order valence-electron chi connectivity index (χ4n) is 3.57. The van der Waals surface area contributed by atoms with Gasteiger partial charge in [-0.05, 0) is 38.3 Å². The first-order valence-electron chi connectivity index (χ1n) is 10.1. The number of rotatable bonds is 6. The minimum absolute atomic E-state index is 0.0181. The van der Waals surface area contributed by atoms with Gasteiger partial charge in [-0.3, -0.25) is 9.59 Å². The van der Waals surface area contributed by atoms with Gasteiger partial charge in [-0.25, -0.2) is 0 Å². The Labute approximate surface area is 176 Å². The largest absolute Gasteiger partial charge is 0.337 e. The summed E-state index contributed by atoms with van der Waals surface area (Å²) in [6.45, 7) is 6.76. The second-order valence-corrected chi connectivity index (χ2v) is 8.01. The molecule has 3 rings (SSSR count). The lowest BCUT2D eigenvalue weighted by Gasteiger charge is -2.35. The van der Waals surface area contributed by atoms with Crippen molar-refractivity contribution in [3.05, 3.63) is 35.2 Å². The molecule has 1 atom stereocenters. The summed E-state index contributed by atoms with van der Waals surface area (Å²) in [7, 11) is 0. The molecule has 0 radical (unpaired) electrons. The van der Waals surface area contributed by atoms with Crippen LogP contribution in [0, 0.1) is 5.92 Å². The summed E-state index contributed by atoms with van der Waals surface area (Å²) < 4.78 is 5.52. The fourth-order valence-corrected chi connectivity index (χ4v) is 3.76. The predicted octanol–water partition coefficient (Wildman–Crippen LogP) is 3.95. The topological polar surface area (TPSA) is 79.5 Å². The van der Waals surface area contributed by atoms with Crippen molar-refractivity contribution < 1.29 is 14.1 Å². The van der Waals surface area contributed by atoms with Crippen LogP contribution in [0.25, 0.3) is 11.4 Å². The first-order chi connectivity index (χ1) is 13.9. The molecule has 1 saturated heterocycles. The number of benzene rings is 1. The van der Waals surface area contributed by atoms with E-state index in [2.05, 4.69) is 10.1 Å². The molecule has 2 aromatic rings. The molecule has 0 bridgehead atoms. The highest BCUT2D eigenvalue weighted by atomic mass is 35.5. The van der Waals surface area contributed by atoms with Crippen LogP contribution in [-0.2, 0) is 9.59 Å². The highest BCUT2D eigenvalue weighted by Gasteiger charge is 2.33. The van der Waals surface area contributed by atoms with Gasteiger partial charge in [0.1, 0.15) is 6.04 Å². The first kappa shape index (κ1) is 21.3.